The molecule has 1 atom stereocenters. The van der Waals surface area contributed by atoms with Gasteiger partial charge in [0, 0.05) is 18.2 Å². The zero-order chi connectivity index (χ0) is 15.9. The van der Waals surface area contributed by atoms with Crippen molar-refractivity contribution in [1.29, 1.82) is 0 Å². The molecule has 2 aromatic rings. The van der Waals surface area contributed by atoms with Gasteiger partial charge in [0.15, 0.2) is 0 Å². The van der Waals surface area contributed by atoms with Crippen molar-refractivity contribution in [3.05, 3.63) is 46.6 Å². The molecular weight excluding hydrogens is 319 g/mol. The summed E-state index contributed by atoms with van der Waals surface area (Å²) >= 11 is 5.81. The highest BCUT2D eigenvalue weighted by Crippen LogP contribution is 2.36. The second-order valence-electron chi connectivity index (χ2n) is 5.01. The lowest BCUT2D eigenvalue weighted by Gasteiger charge is -2.10. The first-order valence-electron chi connectivity index (χ1n) is 6.53. The fourth-order valence-electron chi connectivity index (χ4n) is 2.23. The standard InChI is InChI=1S/C15H11ClF3NO2/c1-8-4-9-5-11(2-3-13(9)21-8)22-14-12(16)6-10(7-20-14)15(17,18)19/h2-3,5-8H,4H2,1H3. The molecule has 1 unspecified atom stereocenters. The lowest BCUT2D eigenvalue weighted by Crippen LogP contribution is -2.05. The zero-order valence-corrected chi connectivity index (χ0v) is 12.2. The average Bonchev–Trinajstić information content (AvgIpc) is 2.79. The van der Waals surface area contributed by atoms with Gasteiger partial charge in [-0.15, -0.1) is 0 Å². The molecule has 0 N–H and O–H groups in total. The number of fused-ring (bicyclic) bond motifs is 1. The molecule has 0 saturated heterocycles. The van der Waals surface area contributed by atoms with Crippen LogP contribution in [-0.4, -0.2) is 11.1 Å². The van der Waals surface area contributed by atoms with E-state index in [1.54, 1.807) is 18.2 Å². The predicted molar refractivity (Wildman–Crippen MR) is 74.6 cm³/mol. The van der Waals surface area contributed by atoms with Crippen molar-refractivity contribution in [3.63, 3.8) is 0 Å². The summed E-state index contributed by atoms with van der Waals surface area (Å²) in [5, 5.41) is -0.194. The Morgan fingerprint density at radius 3 is 2.77 bits per heavy atom. The van der Waals surface area contributed by atoms with Crippen molar-refractivity contribution in [2.24, 2.45) is 0 Å². The van der Waals surface area contributed by atoms with Crippen LogP contribution in [-0.2, 0) is 12.6 Å². The number of halogens is 4. The van der Waals surface area contributed by atoms with Gasteiger partial charge in [0.05, 0.1) is 5.56 Å². The average molecular weight is 330 g/mol. The number of benzene rings is 1. The molecule has 116 valence electrons. The SMILES string of the molecule is CC1Cc2cc(Oc3ncc(C(F)(F)F)cc3Cl)ccc2O1. The van der Waals surface area contributed by atoms with E-state index in [1.165, 1.54) is 0 Å². The van der Waals surface area contributed by atoms with Crippen LogP contribution >= 0.6 is 11.6 Å². The topological polar surface area (TPSA) is 31.4 Å². The second kappa shape index (κ2) is 5.35. The van der Waals surface area contributed by atoms with E-state index in [-0.39, 0.29) is 17.0 Å². The van der Waals surface area contributed by atoms with Gasteiger partial charge < -0.3 is 9.47 Å². The maximum atomic E-state index is 12.6. The van der Waals surface area contributed by atoms with Crippen molar-refractivity contribution in [1.82, 2.24) is 4.98 Å². The summed E-state index contributed by atoms with van der Waals surface area (Å²) in [7, 11) is 0. The second-order valence-corrected chi connectivity index (χ2v) is 5.42. The van der Waals surface area contributed by atoms with E-state index in [2.05, 4.69) is 4.98 Å². The maximum absolute atomic E-state index is 12.6. The third-order valence-electron chi connectivity index (χ3n) is 3.22. The number of pyridine rings is 1. The first-order valence-corrected chi connectivity index (χ1v) is 6.91. The predicted octanol–water partition coefficient (Wildman–Crippen LogP) is 4.87. The highest BCUT2D eigenvalue weighted by Gasteiger charge is 2.31. The Morgan fingerprint density at radius 1 is 1.32 bits per heavy atom. The van der Waals surface area contributed by atoms with Crippen LogP contribution in [0.2, 0.25) is 5.02 Å². The van der Waals surface area contributed by atoms with Gasteiger partial charge in [-0.2, -0.15) is 13.2 Å². The third-order valence-corrected chi connectivity index (χ3v) is 3.49. The summed E-state index contributed by atoms with van der Waals surface area (Å²) in [6.45, 7) is 1.95. The molecule has 0 saturated carbocycles. The quantitative estimate of drug-likeness (QED) is 0.787. The molecule has 2 heterocycles. The van der Waals surface area contributed by atoms with Gasteiger partial charge in [-0.25, -0.2) is 4.98 Å². The fourth-order valence-corrected chi connectivity index (χ4v) is 2.43. The van der Waals surface area contributed by atoms with Crippen LogP contribution < -0.4 is 9.47 Å². The fraction of sp³-hybridized carbons (Fsp3) is 0.267. The third kappa shape index (κ3) is 2.97. The summed E-state index contributed by atoms with van der Waals surface area (Å²) in [6.07, 6.45) is -2.95. The Hall–Kier alpha value is -1.95. The van der Waals surface area contributed by atoms with E-state index in [4.69, 9.17) is 21.1 Å². The van der Waals surface area contributed by atoms with Crippen LogP contribution in [0.3, 0.4) is 0 Å². The molecule has 1 aromatic carbocycles. The van der Waals surface area contributed by atoms with E-state index < -0.39 is 11.7 Å². The van der Waals surface area contributed by atoms with Crippen LogP contribution in [0.15, 0.2) is 30.5 Å². The number of aromatic nitrogens is 1. The minimum Gasteiger partial charge on any atom is -0.490 e. The van der Waals surface area contributed by atoms with E-state index in [0.717, 1.165) is 23.8 Å². The summed E-state index contributed by atoms with van der Waals surface area (Å²) in [6, 6.07) is 5.98. The number of nitrogens with zero attached hydrogens (tertiary/aromatic N) is 1. The largest absolute Gasteiger partial charge is 0.490 e. The Labute approximate surface area is 129 Å². The number of hydrogen-bond acceptors (Lipinski definition) is 3. The molecule has 0 fully saturated rings. The molecule has 0 amide bonds. The molecule has 22 heavy (non-hydrogen) atoms. The lowest BCUT2D eigenvalue weighted by atomic mass is 10.1. The van der Waals surface area contributed by atoms with Crippen molar-refractivity contribution in [3.8, 4) is 17.4 Å². The smallest absolute Gasteiger partial charge is 0.417 e. The van der Waals surface area contributed by atoms with Gasteiger partial charge in [-0.3, -0.25) is 0 Å². The Bertz CT molecular complexity index is 718. The highest BCUT2D eigenvalue weighted by molar-refractivity contribution is 6.31. The molecule has 7 heteroatoms. The van der Waals surface area contributed by atoms with Gasteiger partial charge in [-0.05, 0) is 31.2 Å². The van der Waals surface area contributed by atoms with Crippen LogP contribution in [0.25, 0.3) is 0 Å². The van der Waals surface area contributed by atoms with Crippen molar-refractivity contribution >= 4 is 11.6 Å². The monoisotopic (exact) mass is 329 g/mol. The summed E-state index contributed by atoms with van der Waals surface area (Å²) in [4.78, 5) is 3.64. The number of ether oxygens (including phenoxy) is 2. The first-order chi connectivity index (χ1) is 10.3. The van der Waals surface area contributed by atoms with Gasteiger partial charge in [0.2, 0.25) is 5.88 Å². The van der Waals surface area contributed by atoms with Crippen LogP contribution in [0.1, 0.15) is 18.1 Å². The number of rotatable bonds is 2. The Morgan fingerprint density at radius 2 is 2.09 bits per heavy atom. The van der Waals surface area contributed by atoms with Gasteiger partial charge in [0.1, 0.15) is 22.6 Å². The number of hydrogen-bond donors (Lipinski definition) is 0. The molecule has 1 aliphatic heterocycles. The van der Waals surface area contributed by atoms with Gasteiger partial charge in [0.25, 0.3) is 0 Å². The van der Waals surface area contributed by atoms with Crippen molar-refractivity contribution < 1.29 is 22.6 Å². The van der Waals surface area contributed by atoms with E-state index in [9.17, 15) is 13.2 Å². The number of alkyl halides is 3. The first kappa shape index (κ1) is 15.0. The molecule has 0 spiro atoms. The molecule has 1 aliphatic rings. The minimum atomic E-state index is -4.49. The van der Waals surface area contributed by atoms with Gasteiger partial charge in [-0.1, -0.05) is 11.6 Å². The van der Waals surface area contributed by atoms with Crippen LogP contribution in [0.5, 0.6) is 17.4 Å². The van der Waals surface area contributed by atoms with Crippen molar-refractivity contribution in [2.75, 3.05) is 0 Å². The molecular formula is C15H11ClF3NO2. The van der Waals surface area contributed by atoms with E-state index >= 15 is 0 Å². The Balaban J connectivity index is 1.84. The highest BCUT2D eigenvalue weighted by atomic mass is 35.5. The zero-order valence-electron chi connectivity index (χ0n) is 11.4. The summed E-state index contributed by atoms with van der Waals surface area (Å²) < 4.78 is 48.7. The molecule has 1 aromatic heterocycles. The summed E-state index contributed by atoms with van der Waals surface area (Å²) in [5.41, 5.74) is 0.0639. The van der Waals surface area contributed by atoms with Gasteiger partial charge >= 0.3 is 6.18 Å². The maximum Gasteiger partial charge on any atom is 0.417 e. The molecule has 0 radical (unpaired) electrons. The Kier molecular flexibility index (Phi) is 3.64. The normalized spacial score (nSPS) is 17.0. The van der Waals surface area contributed by atoms with E-state index in [0.29, 0.717) is 11.9 Å². The molecule has 0 bridgehead atoms. The summed E-state index contributed by atoms with van der Waals surface area (Å²) in [5.74, 6) is 1.17. The van der Waals surface area contributed by atoms with E-state index in [1.807, 2.05) is 6.92 Å². The molecule has 0 aliphatic carbocycles. The van der Waals surface area contributed by atoms with Crippen LogP contribution in [0, 0.1) is 0 Å². The van der Waals surface area contributed by atoms with Crippen molar-refractivity contribution in [2.45, 2.75) is 25.6 Å². The minimum absolute atomic E-state index is 0.0680. The molecule has 3 nitrogen and oxygen atoms in total. The molecule has 3 rings (SSSR count). The lowest BCUT2D eigenvalue weighted by molar-refractivity contribution is -0.137. The van der Waals surface area contributed by atoms with Crippen LogP contribution in [0.4, 0.5) is 13.2 Å².